The molecule has 0 bridgehead atoms. The van der Waals surface area contributed by atoms with Crippen molar-refractivity contribution in [2.45, 2.75) is 37.4 Å². The van der Waals surface area contributed by atoms with Crippen molar-refractivity contribution >= 4 is 52.0 Å². The molecule has 52 heavy (non-hydrogen) atoms. The molecule has 4 amide bonds. The lowest BCUT2D eigenvalue weighted by Crippen LogP contribution is -2.56. The number of rotatable bonds is 8. The van der Waals surface area contributed by atoms with Gasteiger partial charge in [-0.25, -0.2) is 0 Å². The maximum absolute atomic E-state index is 13.7. The summed E-state index contributed by atoms with van der Waals surface area (Å²) in [5, 5.41) is 11.0. The molecular weight excluding hydrogens is 674 g/mol. The van der Waals surface area contributed by atoms with Crippen molar-refractivity contribution in [2.75, 3.05) is 30.7 Å². The second-order valence-corrected chi connectivity index (χ2v) is 12.1. The zero-order valence-electron chi connectivity index (χ0n) is 27.9. The number of hydrogen-bond donors (Lipinski definition) is 10. The van der Waals surface area contributed by atoms with Gasteiger partial charge in [-0.3, -0.25) is 33.8 Å². The van der Waals surface area contributed by atoms with Crippen LogP contribution in [0.4, 0.5) is 11.4 Å². The lowest BCUT2D eigenvalue weighted by atomic mass is 10.0. The third-order valence-electron chi connectivity index (χ3n) is 8.13. The molecule has 0 unspecified atom stereocenters. The Bertz CT molecular complexity index is 2120. The van der Waals surface area contributed by atoms with E-state index in [0.717, 1.165) is 5.56 Å². The normalized spacial score (nSPS) is 18.1. The first-order valence-corrected chi connectivity index (χ1v) is 16.2. The molecule has 3 aromatic carbocycles. The van der Waals surface area contributed by atoms with E-state index in [1.54, 1.807) is 24.3 Å². The van der Waals surface area contributed by atoms with E-state index in [0.29, 0.717) is 24.0 Å². The molecule has 1 aromatic heterocycles. The average molecular weight is 714 g/mol. The predicted octanol–water partition coefficient (Wildman–Crippen LogP) is -1.23. The highest BCUT2D eigenvalue weighted by atomic mass is 16.5. The van der Waals surface area contributed by atoms with E-state index in [1.807, 2.05) is 0 Å². The Kier molecular flexibility index (Phi) is 11.5. The fourth-order valence-electron chi connectivity index (χ4n) is 5.37. The number of nitrogens with two attached hydrogens (primary N) is 4. The fraction of sp³-hybridized carbons (Fsp3) is 0.265. The zero-order valence-corrected chi connectivity index (χ0v) is 27.9. The summed E-state index contributed by atoms with van der Waals surface area (Å²) < 4.78 is 6.10. The number of anilines is 2. The van der Waals surface area contributed by atoms with Gasteiger partial charge in [-0.15, -0.1) is 0 Å². The van der Waals surface area contributed by atoms with Gasteiger partial charge in [0.1, 0.15) is 24.4 Å². The summed E-state index contributed by atoms with van der Waals surface area (Å²) in [6.07, 6.45) is 0.959. The molecule has 0 saturated carbocycles. The van der Waals surface area contributed by atoms with Gasteiger partial charge in [0, 0.05) is 36.4 Å². The van der Waals surface area contributed by atoms with Crippen molar-refractivity contribution < 1.29 is 23.9 Å². The minimum absolute atomic E-state index is 0.00898. The quantitative estimate of drug-likeness (QED) is 0.0339. The lowest BCUT2D eigenvalue weighted by molar-refractivity contribution is -0.130. The SMILES string of the molecule is NC(N)=NCCC[C@H]1COc2ccc(NC(=O)c3ccc4[nH]c(=O)c(=O)[nH]c4c3)cc2C(=O)NC[C@H](N)C(=O)N[C@@H](Cc2ccc(N)cc2)C(=O)N1. The summed E-state index contributed by atoms with van der Waals surface area (Å²) in [6, 6.07) is 12.7. The molecule has 0 saturated heterocycles. The number of hydrogen-bond acceptors (Lipinski definition) is 10. The zero-order chi connectivity index (χ0) is 37.4. The number of benzene rings is 3. The highest BCUT2D eigenvalue weighted by molar-refractivity contribution is 6.07. The van der Waals surface area contributed by atoms with Gasteiger partial charge >= 0.3 is 11.1 Å². The fourth-order valence-corrected chi connectivity index (χ4v) is 5.37. The number of H-pyrrole nitrogens is 2. The van der Waals surface area contributed by atoms with E-state index in [1.165, 1.54) is 36.4 Å². The number of aliphatic imine (C=N–C) groups is 1. The number of nitrogens with one attached hydrogen (secondary N) is 6. The summed E-state index contributed by atoms with van der Waals surface area (Å²) in [5.41, 5.74) is 23.4. The number of aromatic amines is 2. The first-order valence-electron chi connectivity index (χ1n) is 16.2. The van der Waals surface area contributed by atoms with Crippen LogP contribution in [0.25, 0.3) is 11.0 Å². The number of nitrogen functional groups attached to an aromatic ring is 1. The van der Waals surface area contributed by atoms with Crippen molar-refractivity contribution in [2.24, 2.45) is 22.2 Å². The molecule has 4 aromatic rings. The van der Waals surface area contributed by atoms with Gasteiger partial charge in [0.2, 0.25) is 11.8 Å². The first kappa shape index (κ1) is 36.6. The van der Waals surface area contributed by atoms with Crippen molar-refractivity contribution in [3.05, 3.63) is 98.1 Å². The van der Waals surface area contributed by atoms with E-state index >= 15 is 0 Å². The summed E-state index contributed by atoms with van der Waals surface area (Å²) >= 11 is 0. The molecular formula is C34H39N11O7. The van der Waals surface area contributed by atoms with E-state index < -0.39 is 52.9 Å². The highest BCUT2D eigenvalue weighted by Crippen LogP contribution is 2.25. The van der Waals surface area contributed by atoms with Crippen LogP contribution in [0, 0.1) is 0 Å². The van der Waals surface area contributed by atoms with Crippen molar-refractivity contribution in [3.8, 4) is 5.75 Å². The van der Waals surface area contributed by atoms with Crippen LogP contribution < -0.4 is 60.1 Å². The number of aromatic nitrogens is 2. The van der Waals surface area contributed by atoms with Crippen LogP contribution >= 0.6 is 0 Å². The molecule has 0 radical (unpaired) electrons. The van der Waals surface area contributed by atoms with Gasteiger partial charge in [-0.05, 0) is 66.9 Å². The molecule has 3 atom stereocenters. The third-order valence-corrected chi connectivity index (χ3v) is 8.13. The van der Waals surface area contributed by atoms with Gasteiger partial charge in [0.15, 0.2) is 5.96 Å². The van der Waals surface area contributed by atoms with E-state index in [4.69, 9.17) is 27.7 Å². The smallest absolute Gasteiger partial charge is 0.314 e. The number of carbonyl (C=O) groups is 4. The van der Waals surface area contributed by atoms with Gasteiger partial charge < -0.3 is 58.9 Å². The molecule has 272 valence electrons. The maximum Gasteiger partial charge on any atom is 0.314 e. The van der Waals surface area contributed by atoms with Gasteiger partial charge in [0.25, 0.3) is 11.8 Å². The number of amides is 4. The van der Waals surface area contributed by atoms with Crippen LogP contribution in [0.2, 0.25) is 0 Å². The average Bonchev–Trinajstić information content (AvgIpc) is 3.11. The van der Waals surface area contributed by atoms with Crippen LogP contribution in [-0.2, 0) is 16.0 Å². The van der Waals surface area contributed by atoms with Crippen LogP contribution in [-0.4, -0.2) is 77.4 Å². The Morgan fingerprint density at radius 3 is 2.35 bits per heavy atom. The Labute approximate surface area is 295 Å². The predicted molar refractivity (Wildman–Crippen MR) is 194 cm³/mol. The summed E-state index contributed by atoms with van der Waals surface area (Å²) in [4.78, 5) is 85.8. The Morgan fingerprint density at radius 1 is 0.885 bits per heavy atom. The standard InChI is InChI=1S/C34H39N11O7/c35-19-6-3-17(4-7-19)12-26-31(49)42-21(2-1-11-39-34(37)38)16-52-27-10-8-20(14-22(27)29(47)40-15-23(36)30(48)45-26)41-28(46)18-5-9-24-25(13-18)44-33(51)32(50)43-24/h3-10,13-14,21,23,26H,1-2,11-12,15-16,35-36H2,(H,40,47)(H,41,46)(H,42,49)(H,43,50)(H,44,51)(H,45,48)(H4,37,38,39)/t21-,23-,26-/m0/s1. The molecule has 14 N–H and O–H groups in total. The first-order chi connectivity index (χ1) is 24.9. The second kappa shape index (κ2) is 16.3. The van der Waals surface area contributed by atoms with Crippen molar-refractivity contribution in [3.63, 3.8) is 0 Å². The Hall–Kier alpha value is -6.69. The molecule has 5 rings (SSSR count). The molecule has 0 fully saturated rings. The second-order valence-electron chi connectivity index (χ2n) is 12.1. The minimum atomic E-state index is -1.23. The number of ether oxygens (including phenoxy) is 1. The monoisotopic (exact) mass is 713 g/mol. The van der Waals surface area contributed by atoms with Gasteiger partial charge in [-0.1, -0.05) is 12.1 Å². The molecule has 2 heterocycles. The summed E-state index contributed by atoms with van der Waals surface area (Å²) in [5.74, 6) is -2.34. The number of fused-ring (bicyclic) bond motifs is 2. The van der Waals surface area contributed by atoms with E-state index in [-0.39, 0.29) is 60.2 Å². The minimum Gasteiger partial charge on any atom is -0.491 e. The molecule has 18 nitrogen and oxygen atoms in total. The number of nitrogens with zero attached hydrogens (tertiary/aromatic N) is 1. The van der Waals surface area contributed by atoms with Crippen molar-refractivity contribution in [1.82, 2.24) is 25.9 Å². The van der Waals surface area contributed by atoms with Crippen LogP contribution in [0.1, 0.15) is 39.1 Å². The molecule has 1 aliphatic rings. The van der Waals surface area contributed by atoms with E-state index in [2.05, 4.69) is 36.2 Å². The Morgan fingerprint density at radius 2 is 1.62 bits per heavy atom. The molecule has 1 aliphatic heterocycles. The van der Waals surface area contributed by atoms with Crippen LogP contribution in [0.5, 0.6) is 5.75 Å². The topological polar surface area (TPSA) is 308 Å². The van der Waals surface area contributed by atoms with E-state index in [9.17, 15) is 28.8 Å². The number of guanidine groups is 1. The number of carbonyl (C=O) groups excluding carboxylic acids is 4. The summed E-state index contributed by atoms with van der Waals surface area (Å²) in [6.45, 7) is -0.0941. The molecule has 0 spiro atoms. The van der Waals surface area contributed by atoms with Crippen molar-refractivity contribution in [1.29, 1.82) is 0 Å². The Balaban J connectivity index is 1.40. The maximum atomic E-state index is 13.7. The van der Waals surface area contributed by atoms with Gasteiger partial charge in [0.05, 0.1) is 22.6 Å². The third kappa shape index (κ3) is 9.51. The highest BCUT2D eigenvalue weighted by Gasteiger charge is 2.28. The van der Waals surface area contributed by atoms with Gasteiger partial charge in [-0.2, -0.15) is 0 Å². The van der Waals surface area contributed by atoms with Crippen LogP contribution in [0.3, 0.4) is 0 Å². The lowest BCUT2D eigenvalue weighted by Gasteiger charge is -2.26. The largest absolute Gasteiger partial charge is 0.491 e. The molecule has 18 heteroatoms. The summed E-state index contributed by atoms with van der Waals surface area (Å²) in [7, 11) is 0. The molecule has 0 aliphatic carbocycles. The van der Waals surface area contributed by atoms with Crippen LogP contribution in [0.15, 0.2) is 75.2 Å².